The fourth-order valence-electron chi connectivity index (χ4n) is 4.52. The van der Waals surface area contributed by atoms with Crippen LogP contribution in [0, 0.1) is 0 Å². The molecule has 0 radical (unpaired) electrons. The van der Waals surface area contributed by atoms with Crippen LogP contribution in [0.1, 0.15) is 19.8 Å². The van der Waals surface area contributed by atoms with E-state index in [9.17, 15) is 4.79 Å². The molecule has 13 nitrogen and oxygen atoms in total. The van der Waals surface area contributed by atoms with E-state index in [-0.39, 0.29) is 12.5 Å². The lowest BCUT2D eigenvalue weighted by Crippen LogP contribution is -2.37. The number of likely N-dealkylation sites (N-methyl/N-ethyl adjacent to an activating group) is 1. The highest BCUT2D eigenvalue weighted by Crippen LogP contribution is 2.19. The van der Waals surface area contributed by atoms with Gasteiger partial charge in [-0.15, -0.1) is 0 Å². The molecular formula is C27H44N10O3. The normalized spacial score (nSPS) is 16.3. The third kappa shape index (κ3) is 10.7. The molecule has 0 spiro atoms. The molecule has 2 aromatic rings. The van der Waals surface area contributed by atoms with Crippen molar-refractivity contribution in [1.29, 1.82) is 0 Å². The molecule has 1 aromatic heterocycles. The number of anilines is 5. The molecule has 220 valence electrons. The van der Waals surface area contributed by atoms with Crippen LogP contribution in [0.5, 0.6) is 0 Å². The van der Waals surface area contributed by atoms with Crippen molar-refractivity contribution < 1.29 is 14.3 Å². The first-order chi connectivity index (χ1) is 19.7. The van der Waals surface area contributed by atoms with Crippen molar-refractivity contribution >= 4 is 35.1 Å². The Bertz CT molecular complexity index is 987. The number of nitrogens with zero attached hydrogens (tertiary/aromatic N) is 5. The molecule has 0 bridgehead atoms. The molecule has 1 amide bonds. The van der Waals surface area contributed by atoms with Crippen molar-refractivity contribution in [2.45, 2.75) is 19.8 Å². The standard InChI is InChI=1S/C27H44N10O3/c1-2-28-24(38)21-31-22-6-3-7-23(20-22)32-27-34-25(29-8-4-10-36-12-16-39-17-13-36)33-26(35-27)30-9-5-11-37-14-18-40-19-15-37/h3,6-7,20,31H,2,4-5,8-19,21H2,1H3,(H,28,38)(H3,29,30,32,33,34,35). The fraction of sp³-hybridized carbons (Fsp3) is 0.630. The van der Waals surface area contributed by atoms with Crippen molar-refractivity contribution in [3.05, 3.63) is 24.3 Å². The molecule has 2 saturated heterocycles. The number of rotatable bonds is 16. The minimum Gasteiger partial charge on any atom is -0.379 e. The summed E-state index contributed by atoms with van der Waals surface area (Å²) < 4.78 is 10.9. The molecular weight excluding hydrogens is 512 g/mol. The first kappa shape index (κ1) is 29.7. The van der Waals surface area contributed by atoms with Gasteiger partial charge in [-0.25, -0.2) is 0 Å². The highest BCUT2D eigenvalue weighted by atomic mass is 16.5. The number of morpholine rings is 2. The Morgan fingerprint density at radius 2 is 1.35 bits per heavy atom. The van der Waals surface area contributed by atoms with Crippen LogP contribution >= 0.6 is 0 Å². The number of amides is 1. The molecule has 0 saturated carbocycles. The zero-order chi connectivity index (χ0) is 27.8. The van der Waals surface area contributed by atoms with E-state index in [0.29, 0.717) is 24.4 Å². The number of benzene rings is 1. The lowest BCUT2D eigenvalue weighted by atomic mass is 10.2. The van der Waals surface area contributed by atoms with Crippen molar-refractivity contribution in [2.75, 3.05) is 113 Å². The van der Waals surface area contributed by atoms with Gasteiger partial charge in [-0.2, -0.15) is 15.0 Å². The third-order valence-corrected chi connectivity index (χ3v) is 6.66. The van der Waals surface area contributed by atoms with Crippen molar-refractivity contribution in [1.82, 2.24) is 30.1 Å². The number of nitrogens with one attached hydrogen (secondary N) is 5. The Morgan fingerprint density at radius 3 is 1.93 bits per heavy atom. The van der Waals surface area contributed by atoms with Crippen LogP contribution < -0.4 is 26.6 Å². The Hall–Kier alpha value is -3.26. The van der Waals surface area contributed by atoms with Gasteiger partial charge in [0.25, 0.3) is 0 Å². The predicted molar refractivity (Wildman–Crippen MR) is 157 cm³/mol. The Balaban J connectivity index is 1.34. The van der Waals surface area contributed by atoms with Gasteiger partial charge in [0, 0.05) is 57.2 Å². The molecule has 13 heteroatoms. The summed E-state index contributed by atoms with van der Waals surface area (Å²) in [7, 11) is 0. The van der Waals surface area contributed by atoms with Gasteiger partial charge in [-0.05, 0) is 51.1 Å². The summed E-state index contributed by atoms with van der Waals surface area (Å²) >= 11 is 0. The van der Waals surface area contributed by atoms with Gasteiger partial charge < -0.3 is 36.1 Å². The van der Waals surface area contributed by atoms with Gasteiger partial charge >= 0.3 is 0 Å². The summed E-state index contributed by atoms with van der Waals surface area (Å²) in [6, 6.07) is 7.69. The molecule has 40 heavy (non-hydrogen) atoms. The quantitative estimate of drug-likeness (QED) is 0.191. The summed E-state index contributed by atoms with van der Waals surface area (Å²) in [5.74, 6) is 1.45. The Kier molecular flexibility index (Phi) is 12.4. The van der Waals surface area contributed by atoms with Crippen LogP contribution in [0.25, 0.3) is 0 Å². The second-order valence-corrected chi connectivity index (χ2v) is 9.79. The number of hydrogen-bond acceptors (Lipinski definition) is 12. The maximum Gasteiger partial charge on any atom is 0.239 e. The summed E-state index contributed by atoms with van der Waals surface area (Å²) in [5, 5.41) is 16.0. The van der Waals surface area contributed by atoms with Crippen molar-refractivity contribution in [2.24, 2.45) is 0 Å². The van der Waals surface area contributed by atoms with Gasteiger partial charge in [-0.1, -0.05) is 6.07 Å². The second kappa shape index (κ2) is 16.8. The van der Waals surface area contributed by atoms with Crippen molar-refractivity contribution in [3.8, 4) is 0 Å². The Labute approximate surface area is 236 Å². The zero-order valence-corrected chi connectivity index (χ0v) is 23.6. The molecule has 2 aliphatic rings. The summed E-state index contributed by atoms with van der Waals surface area (Å²) in [5.41, 5.74) is 1.64. The lowest BCUT2D eigenvalue weighted by Gasteiger charge is -2.26. The minimum absolute atomic E-state index is 0.0491. The van der Waals surface area contributed by atoms with Crippen molar-refractivity contribution in [3.63, 3.8) is 0 Å². The number of ether oxygens (including phenoxy) is 2. The summed E-state index contributed by atoms with van der Waals surface area (Å²) in [6.45, 7) is 13.4. The first-order valence-corrected chi connectivity index (χ1v) is 14.4. The van der Waals surface area contributed by atoms with Gasteiger partial charge in [0.05, 0.1) is 33.0 Å². The lowest BCUT2D eigenvalue weighted by molar-refractivity contribution is -0.119. The third-order valence-electron chi connectivity index (χ3n) is 6.66. The molecule has 1 aromatic carbocycles. The molecule has 5 N–H and O–H groups in total. The SMILES string of the molecule is CCNC(=O)CNc1cccc(Nc2nc(NCCCN3CCOCC3)nc(NCCCN3CCOCC3)n2)c1. The van der Waals surface area contributed by atoms with E-state index < -0.39 is 0 Å². The molecule has 4 rings (SSSR count). The largest absolute Gasteiger partial charge is 0.379 e. The molecule has 3 heterocycles. The molecule has 0 unspecified atom stereocenters. The van der Waals surface area contributed by atoms with Crippen LogP contribution in [0.3, 0.4) is 0 Å². The topological polar surface area (TPSA) is 141 Å². The van der Waals surface area contributed by atoms with Gasteiger partial charge in [0.1, 0.15) is 0 Å². The molecule has 0 aliphatic carbocycles. The fourth-order valence-corrected chi connectivity index (χ4v) is 4.52. The smallest absolute Gasteiger partial charge is 0.239 e. The van der Waals surface area contributed by atoms with Gasteiger partial charge in [0.2, 0.25) is 23.8 Å². The highest BCUT2D eigenvalue weighted by molar-refractivity contribution is 5.80. The maximum absolute atomic E-state index is 11.8. The minimum atomic E-state index is -0.0491. The highest BCUT2D eigenvalue weighted by Gasteiger charge is 2.12. The maximum atomic E-state index is 11.8. The number of carbonyl (C=O) groups excluding carboxylic acids is 1. The van der Waals surface area contributed by atoms with E-state index in [0.717, 1.165) is 103 Å². The van der Waals surface area contributed by atoms with E-state index in [2.05, 4.69) is 51.3 Å². The summed E-state index contributed by atoms with van der Waals surface area (Å²) in [6.07, 6.45) is 1.96. The van der Waals surface area contributed by atoms with Crippen LogP contribution in [0.15, 0.2) is 24.3 Å². The second-order valence-electron chi connectivity index (χ2n) is 9.79. The number of carbonyl (C=O) groups is 1. The molecule has 2 aliphatic heterocycles. The average Bonchev–Trinajstić information content (AvgIpc) is 2.98. The number of aromatic nitrogens is 3. The predicted octanol–water partition coefficient (Wildman–Crippen LogP) is 1.43. The molecule has 0 atom stereocenters. The van der Waals surface area contributed by atoms with Gasteiger partial charge in [-0.3, -0.25) is 14.6 Å². The first-order valence-electron chi connectivity index (χ1n) is 14.4. The van der Waals surface area contributed by atoms with E-state index in [4.69, 9.17) is 9.47 Å². The van der Waals surface area contributed by atoms with E-state index >= 15 is 0 Å². The van der Waals surface area contributed by atoms with Gasteiger partial charge in [0.15, 0.2) is 0 Å². The zero-order valence-electron chi connectivity index (χ0n) is 23.6. The average molecular weight is 557 g/mol. The molecule has 2 fully saturated rings. The van der Waals surface area contributed by atoms with E-state index in [1.54, 1.807) is 0 Å². The summed E-state index contributed by atoms with van der Waals surface area (Å²) in [4.78, 5) is 30.5. The van der Waals surface area contributed by atoms with Crippen LogP contribution in [0.4, 0.5) is 29.2 Å². The van der Waals surface area contributed by atoms with Crippen LogP contribution in [0.2, 0.25) is 0 Å². The van der Waals surface area contributed by atoms with E-state index in [1.165, 1.54) is 0 Å². The number of hydrogen-bond donors (Lipinski definition) is 5. The Morgan fingerprint density at radius 1 is 0.800 bits per heavy atom. The van der Waals surface area contributed by atoms with Crippen LogP contribution in [-0.4, -0.2) is 123 Å². The van der Waals surface area contributed by atoms with E-state index in [1.807, 2.05) is 31.2 Å². The monoisotopic (exact) mass is 556 g/mol. The van der Waals surface area contributed by atoms with Crippen LogP contribution in [-0.2, 0) is 14.3 Å².